The summed E-state index contributed by atoms with van der Waals surface area (Å²) in [4.78, 5) is 2.13. The Morgan fingerprint density at radius 2 is 2.16 bits per heavy atom. The van der Waals surface area contributed by atoms with Crippen LogP contribution in [0, 0.1) is 12.7 Å². The number of hydrogen-bond donors (Lipinski definition) is 1. The summed E-state index contributed by atoms with van der Waals surface area (Å²) in [6, 6.07) is 4.80. The van der Waals surface area contributed by atoms with Crippen molar-refractivity contribution in [2.45, 2.75) is 45.5 Å². The molecule has 1 saturated heterocycles. The molecule has 2 atom stereocenters. The van der Waals surface area contributed by atoms with E-state index >= 15 is 0 Å². The topological polar surface area (TPSA) is 51.2 Å². The molecule has 0 aliphatic carbocycles. The summed E-state index contributed by atoms with van der Waals surface area (Å²) in [7, 11) is 0. The summed E-state index contributed by atoms with van der Waals surface area (Å²) in [5, 5.41) is 10.1. The van der Waals surface area contributed by atoms with Crippen LogP contribution in [-0.2, 0) is 9.47 Å². The molecule has 1 aliphatic rings. The summed E-state index contributed by atoms with van der Waals surface area (Å²) in [6.45, 7) is 10.9. The number of benzene rings is 1. The molecule has 0 saturated carbocycles. The van der Waals surface area contributed by atoms with Gasteiger partial charge in [-0.25, -0.2) is 4.39 Å². The van der Waals surface area contributed by atoms with E-state index in [2.05, 4.69) is 4.90 Å². The van der Waals surface area contributed by atoms with Gasteiger partial charge >= 0.3 is 0 Å². The third-order valence-corrected chi connectivity index (χ3v) is 3.91. The van der Waals surface area contributed by atoms with Crippen molar-refractivity contribution in [1.29, 1.82) is 0 Å². The van der Waals surface area contributed by atoms with E-state index in [1.165, 1.54) is 6.07 Å². The van der Waals surface area contributed by atoms with Crippen molar-refractivity contribution in [2.75, 3.05) is 39.5 Å². The molecule has 2 rings (SSSR count). The number of ether oxygens (including phenoxy) is 3. The van der Waals surface area contributed by atoms with Crippen LogP contribution in [0.2, 0.25) is 0 Å². The molecule has 0 spiro atoms. The first-order valence-corrected chi connectivity index (χ1v) is 8.78. The first-order chi connectivity index (χ1) is 11.7. The lowest BCUT2D eigenvalue weighted by molar-refractivity contribution is -0.0813. The summed E-state index contributed by atoms with van der Waals surface area (Å²) >= 11 is 0. The zero-order valence-electron chi connectivity index (χ0n) is 15.6. The van der Waals surface area contributed by atoms with Gasteiger partial charge in [0.2, 0.25) is 0 Å². The van der Waals surface area contributed by atoms with Gasteiger partial charge in [-0.05, 0) is 45.4 Å². The third kappa shape index (κ3) is 7.28. The second-order valence-electron chi connectivity index (χ2n) is 7.57. The number of β-amino-alcohol motifs (C(OH)–C–C–N with tert-alkyl or cyclic N) is 1. The lowest BCUT2D eigenvalue weighted by Gasteiger charge is -2.34. The van der Waals surface area contributed by atoms with Crippen molar-refractivity contribution >= 4 is 0 Å². The predicted octanol–water partition coefficient (Wildman–Crippen LogP) is 2.39. The summed E-state index contributed by atoms with van der Waals surface area (Å²) in [5.41, 5.74) is 0.685. The Balaban J connectivity index is 1.77. The zero-order valence-corrected chi connectivity index (χ0v) is 15.6. The molecule has 142 valence electrons. The molecule has 1 aliphatic heterocycles. The number of aliphatic hydroxyl groups is 1. The van der Waals surface area contributed by atoms with Gasteiger partial charge < -0.3 is 19.3 Å². The molecule has 0 amide bonds. The number of aliphatic hydroxyl groups excluding tert-OH is 1. The van der Waals surface area contributed by atoms with Crippen molar-refractivity contribution in [3.8, 4) is 5.75 Å². The highest BCUT2D eigenvalue weighted by molar-refractivity contribution is 5.29. The van der Waals surface area contributed by atoms with E-state index < -0.39 is 6.10 Å². The number of nitrogens with zero attached hydrogens (tertiary/aromatic N) is 1. The zero-order chi connectivity index (χ0) is 18.4. The number of hydrogen-bond acceptors (Lipinski definition) is 5. The largest absolute Gasteiger partial charge is 0.488 e. The Kier molecular flexibility index (Phi) is 7.19. The molecule has 5 nitrogen and oxygen atoms in total. The molecule has 0 unspecified atom stereocenters. The lowest BCUT2D eigenvalue weighted by atomic mass is 10.2. The smallest absolute Gasteiger partial charge is 0.165 e. The Labute approximate surface area is 149 Å². The molecule has 0 bridgehead atoms. The Morgan fingerprint density at radius 3 is 2.88 bits per heavy atom. The molecule has 1 aromatic carbocycles. The number of aryl methyl sites for hydroxylation is 1. The van der Waals surface area contributed by atoms with E-state index in [1.807, 2.05) is 27.7 Å². The van der Waals surface area contributed by atoms with Crippen LogP contribution in [0.3, 0.4) is 0 Å². The maximum absolute atomic E-state index is 13.7. The van der Waals surface area contributed by atoms with Crippen LogP contribution in [0.15, 0.2) is 18.2 Å². The first kappa shape index (κ1) is 20.1. The van der Waals surface area contributed by atoms with Crippen molar-refractivity contribution in [3.63, 3.8) is 0 Å². The van der Waals surface area contributed by atoms with Crippen LogP contribution in [0.25, 0.3) is 0 Å². The van der Waals surface area contributed by atoms with Gasteiger partial charge in [0.25, 0.3) is 0 Å². The van der Waals surface area contributed by atoms with Crippen LogP contribution in [0.1, 0.15) is 26.3 Å². The molecular formula is C19H30FNO4. The number of morpholine rings is 1. The van der Waals surface area contributed by atoms with Crippen LogP contribution in [-0.4, -0.2) is 67.3 Å². The van der Waals surface area contributed by atoms with E-state index in [1.54, 1.807) is 12.1 Å². The van der Waals surface area contributed by atoms with E-state index in [0.717, 1.165) is 12.1 Å². The average Bonchev–Trinajstić information content (AvgIpc) is 2.53. The third-order valence-electron chi connectivity index (χ3n) is 3.91. The van der Waals surface area contributed by atoms with E-state index in [0.29, 0.717) is 26.3 Å². The monoisotopic (exact) mass is 355 g/mol. The quantitative estimate of drug-likeness (QED) is 0.814. The lowest BCUT2D eigenvalue weighted by Crippen LogP contribution is -2.48. The predicted molar refractivity (Wildman–Crippen MR) is 94.5 cm³/mol. The average molecular weight is 355 g/mol. The SMILES string of the molecule is Cc1ccc(F)c(OC[C@@H]2CN(C[C@H](O)COC(C)(C)C)CCO2)c1. The van der Waals surface area contributed by atoms with Gasteiger partial charge in [-0.2, -0.15) is 0 Å². The maximum atomic E-state index is 13.7. The van der Waals surface area contributed by atoms with E-state index in [9.17, 15) is 9.50 Å². The molecule has 1 fully saturated rings. The van der Waals surface area contributed by atoms with Crippen molar-refractivity contribution in [1.82, 2.24) is 4.90 Å². The Morgan fingerprint density at radius 1 is 1.40 bits per heavy atom. The van der Waals surface area contributed by atoms with Crippen LogP contribution in [0.5, 0.6) is 5.75 Å². The van der Waals surface area contributed by atoms with Gasteiger partial charge in [0.15, 0.2) is 11.6 Å². The number of halogens is 1. The van der Waals surface area contributed by atoms with Crippen LogP contribution >= 0.6 is 0 Å². The van der Waals surface area contributed by atoms with Gasteiger partial charge in [-0.15, -0.1) is 0 Å². The molecule has 25 heavy (non-hydrogen) atoms. The Bertz CT molecular complexity index is 547. The highest BCUT2D eigenvalue weighted by Crippen LogP contribution is 2.19. The van der Waals surface area contributed by atoms with Gasteiger partial charge in [-0.3, -0.25) is 4.90 Å². The first-order valence-electron chi connectivity index (χ1n) is 8.78. The van der Waals surface area contributed by atoms with Crippen molar-refractivity contribution < 1.29 is 23.7 Å². The Hall–Kier alpha value is -1.21. The van der Waals surface area contributed by atoms with Crippen LogP contribution < -0.4 is 4.74 Å². The van der Waals surface area contributed by atoms with Crippen molar-refractivity contribution in [3.05, 3.63) is 29.6 Å². The second-order valence-corrected chi connectivity index (χ2v) is 7.57. The normalized spacial score (nSPS) is 20.5. The highest BCUT2D eigenvalue weighted by Gasteiger charge is 2.24. The molecule has 0 radical (unpaired) electrons. The van der Waals surface area contributed by atoms with Gasteiger partial charge in [0.1, 0.15) is 12.7 Å². The molecular weight excluding hydrogens is 325 g/mol. The summed E-state index contributed by atoms with van der Waals surface area (Å²) < 4.78 is 30.6. The van der Waals surface area contributed by atoms with Gasteiger partial charge in [-0.1, -0.05) is 6.07 Å². The maximum Gasteiger partial charge on any atom is 0.165 e. The molecule has 1 aromatic rings. The van der Waals surface area contributed by atoms with E-state index in [-0.39, 0.29) is 29.9 Å². The van der Waals surface area contributed by atoms with Gasteiger partial charge in [0.05, 0.1) is 24.9 Å². The fourth-order valence-corrected chi connectivity index (χ4v) is 2.65. The minimum absolute atomic E-state index is 0.149. The molecule has 1 heterocycles. The summed E-state index contributed by atoms with van der Waals surface area (Å²) in [6.07, 6.45) is -0.697. The minimum atomic E-state index is -0.548. The molecule has 1 N–H and O–H groups in total. The molecule has 0 aromatic heterocycles. The van der Waals surface area contributed by atoms with Gasteiger partial charge in [0, 0.05) is 19.6 Å². The molecule has 6 heteroatoms. The number of rotatable bonds is 7. The standard InChI is InChI=1S/C19H30FNO4/c1-14-5-6-17(20)18(9-14)24-13-16-11-21(7-8-23-16)10-15(22)12-25-19(2,3)4/h5-6,9,15-16,22H,7-8,10-13H2,1-4H3/t15-,16-/m0/s1. The fraction of sp³-hybridized carbons (Fsp3) is 0.684. The highest BCUT2D eigenvalue weighted by atomic mass is 19.1. The summed E-state index contributed by atoms with van der Waals surface area (Å²) in [5.74, 6) is -0.118. The minimum Gasteiger partial charge on any atom is -0.488 e. The second kappa shape index (κ2) is 8.94. The van der Waals surface area contributed by atoms with Crippen molar-refractivity contribution in [2.24, 2.45) is 0 Å². The van der Waals surface area contributed by atoms with Crippen LogP contribution in [0.4, 0.5) is 4.39 Å². The fourth-order valence-electron chi connectivity index (χ4n) is 2.65. The van der Waals surface area contributed by atoms with E-state index in [4.69, 9.17) is 14.2 Å².